The molecule has 0 saturated heterocycles. The highest BCUT2D eigenvalue weighted by molar-refractivity contribution is 9.10. The second-order valence-electron chi connectivity index (χ2n) is 9.84. The third-order valence-electron chi connectivity index (χ3n) is 6.92. The Balaban J connectivity index is 1.81. The molecule has 1 aliphatic rings. The average molecular weight is 654 g/mol. The minimum atomic E-state index is -1.56. The molecule has 0 spiro atoms. The van der Waals surface area contributed by atoms with Crippen LogP contribution < -0.4 is 15.6 Å². The fourth-order valence-electron chi connectivity index (χ4n) is 4.63. The molecule has 5 N–H and O–H groups in total. The topological polar surface area (TPSA) is 181 Å². The molecule has 0 saturated carbocycles. The Bertz CT molecular complexity index is 1440. The van der Waals surface area contributed by atoms with E-state index in [9.17, 15) is 15.0 Å². The van der Waals surface area contributed by atoms with Crippen molar-refractivity contribution in [2.45, 2.75) is 37.1 Å². The Morgan fingerprint density at radius 1 is 1.07 bits per heavy atom. The fourth-order valence-corrected chi connectivity index (χ4v) is 4.89. The van der Waals surface area contributed by atoms with Crippen LogP contribution in [0.2, 0.25) is 0 Å². The molecule has 0 unspecified atom stereocenters. The molecule has 3 aromatic rings. The van der Waals surface area contributed by atoms with Crippen LogP contribution in [0.15, 0.2) is 87.4 Å². The van der Waals surface area contributed by atoms with Crippen LogP contribution in [0.1, 0.15) is 34.8 Å². The zero-order valence-corrected chi connectivity index (χ0v) is 24.9. The highest BCUT2D eigenvalue weighted by Crippen LogP contribution is 2.43. The number of nitrogens with zero attached hydrogens (tertiary/aromatic N) is 4. The van der Waals surface area contributed by atoms with Crippen molar-refractivity contribution in [3.05, 3.63) is 110 Å². The number of hydrogen-bond donors (Lipinski definition) is 5. The summed E-state index contributed by atoms with van der Waals surface area (Å²) in [7, 11) is 0. The number of azide groups is 1. The predicted octanol–water partition coefficient (Wildman–Crippen LogP) is 3.49. The number of nitrogens with one attached hydrogen (secondary N) is 2. The maximum Gasteiger partial charge on any atom is 0.266 e. The van der Waals surface area contributed by atoms with E-state index in [0.717, 1.165) is 15.6 Å². The van der Waals surface area contributed by atoms with Gasteiger partial charge in [-0.25, -0.2) is 10.4 Å². The first-order chi connectivity index (χ1) is 20.9. The van der Waals surface area contributed by atoms with Gasteiger partial charge in [0.25, 0.3) is 5.91 Å². The zero-order valence-electron chi connectivity index (χ0n) is 23.3. The molecule has 1 aliphatic heterocycles. The highest BCUT2D eigenvalue weighted by atomic mass is 79.9. The molecule has 1 amide bonds. The number of carbonyl (C=O) groups is 1. The van der Waals surface area contributed by atoms with E-state index in [-0.39, 0.29) is 25.5 Å². The van der Waals surface area contributed by atoms with Gasteiger partial charge in [0.1, 0.15) is 5.75 Å². The maximum atomic E-state index is 14.2. The monoisotopic (exact) mass is 652 g/mol. The van der Waals surface area contributed by atoms with Gasteiger partial charge < -0.3 is 24.8 Å². The standard InChI is InChI=1S/C30H33BrN6O6/c31-24-10-6-20(7-11-24)27-30(29(41)36-35-25(18-39)19-40,16-22-4-1-2-5-23(22)17-33-37-32)34-28(43-27)21-8-12-26(13-9-21)42-15-3-14-38/h1-2,4-13,25,27,35,38-40H,3,14-19H2,(H,36,41)/t27-,30-/m0/s1. The summed E-state index contributed by atoms with van der Waals surface area (Å²) in [6.45, 7) is -0.340. The lowest BCUT2D eigenvalue weighted by Crippen LogP contribution is -2.57. The summed E-state index contributed by atoms with van der Waals surface area (Å²) >= 11 is 3.46. The van der Waals surface area contributed by atoms with Gasteiger partial charge in [-0.2, -0.15) is 0 Å². The summed E-state index contributed by atoms with van der Waals surface area (Å²) < 4.78 is 13.0. The Labute approximate surface area is 257 Å². The SMILES string of the molecule is [N-]=[N+]=NCc1ccccc1C[C@]1(C(=O)NNC(CO)CO)N=C(c2ccc(OCCCO)cc2)O[C@H]1c1ccc(Br)cc1. The number of rotatable bonds is 15. The van der Waals surface area contributed by atoms with Gasteiger partial charge in [0.15, 0.2) is 11.6 Å². The lowest BCUT2D eigenvalue weighted by molar-refractivity contribution is -0.130. The molecule has 13 heteroatoms. The van der Waals surface area contributed by atoms with Crippen LogP contribution in [-0.4, -0.2) is 65.1 Å². The van der Waals surface area contributed by atoms with Crippen LogP contribution in [0.3, 0.4) is 0 Å². The third-order valence-corrected chi connectivity index (χ3v) is 7.44. The van der Waals surface area contributed by atoms with Crippen molar-refractivity contribution in [1.82, 2.24) is 10.9 Å². The second-order valence-corrected chi connectivity index (χ2v) is 10.8. The summed E-state index contributed by atoms with van der Waals surface area (Å²) in [5, 5.41) is 31.9. The molecule has 12 nitrogen and oxygen atoms in total. The maximum absolute atomic E-state index is 14.2. The van der Waals surface area contributed by atoms with Crippen molar-refractivity contribution in [3.8, 4) is 5.75 Å². The molecule has 0 radical (unpaired) electrons. The number of aliphatic hydroxyl groups excluding tert-OH is 3. The normalized spacial score (nSPS) is 17.6. The summed E-state index contributed by atoms with van der Waals surface area (Å²) in [4.78, 5) is 22.0. The van der Waals surface area contributed by atoms with Gasteiger partial charge in [-0.05, 0) is 58.6 Å². The smallest absolute Gasteiger partial charge is 0.266 e. The number of aliphatic imine (C=N–C) groups is 1. The Hall–Kier alpha value is -3.97. The minimum absolute atomic E-state index is 0.0303. The highest BCUT2D eigenvalue weighted by Gasteiger charge is 2.53. The van der Waals surface area contributed by atoms with E-state index in [1.54, 1.807) is 24.3 Å². The zero-order chi connectivity index (χ0) is 30.7. The number of aliphatic hydroxyl groups is 3. The number of ether oxygens (including phenoxy) is 2. The van der Waals surface area contributed by atoms with E-state index in [2.05, 4.69) is 36.8 Å². The van der Waals surface area contributed by atoms with Crippen molar-refractivity contribution in [3.63, 3.8) is 0 Å². The number of benzene rings is 3. The van der Waals surface area contributed by atoms with Crippen molar-refractivity contribution in [1.29, 1.82) is 0 Å². The van der Waals surface area contributed by atoms with Gasteiger partial charge in [0, 0.05) is 34.4 Å². The largest absolute Gasteiger partial charge is 0.494 e. The van der Waals surface area contributed by atoms with E-state index in [0.29, 0.717) is 29.9 Å². The lowest BCUT2D eigenvalue weighted by atomic mass is 9.81. The summed E-state index contributed by atoms with van der Waals surface area (Å²) in [6.07, 6.45) is -0.299. The van der Waals surface area contributed by atoms with Crippen molar-refractivity contribution < 1.29 is 29.6 Å². The Morgan fingerprint density at radius 3 is 2.42 bits per heavy atom. The van der Waals surface area contributed by atoms with Crippen molar-refractivity contribution >= 4 is 27.7 Å². The van der Waals surface area contributed by atoms with E-state index < -0.39 is 36.8 Å². The van der Waals surface area contributed by atoms with Crippen LogP contribution in [0.25, 0.3) is 10.4 Å². The number of amides is 1. The van der Waals surface area contributed by atoms with Gasteiger partial charge >= 0.3 is 0 Å². The lowest BCUT2D eigenvalue weighted by Gasteiger charge is -2.32. The van der Waals surface area contributed by atoms with E-state index >= 15 is 0 Å². The fraction of sp³-hybridized carbons (Fsp3) is 0.333. The van der Waals surface area contributed by atoms with Gasteiger partial charge in [-0.1, -0.05) is 57.4 Å². The predicted molar refractivity (Wildman–Crippen MR) is 163 cm³/mol. The molecule has 1 heterocycles. The number of halogens is 1. The summed E-state index contributed by atoms with van der Waals surface area (Å²) in [6, 6.07) is 21.0. The molecule has 0 aromatic heterocycles. The van der Waals surface area contributed by atoms with E-state index in [1.807, 2.05) is 48.5 Å². The molecular weight excluding hydrogens is 620 g/mol. The summed E-state index contributed by atoms with van der Waals surface area (Å²) in [5.74, 6) is 0.294. The molecule has 4 rings (SSSR count). The minimum Gasteiger partial charge on any atom is -0.494 e. The first kappa shape index (κ1) is 32.0. The van der Waals surface area contributed by atoms with Crippen molar-refractivity contribution in [2.75, 3.05) is 26.4 Å². The molecule has 0 bridgehead atoms. The number of hydrazine groups is 1. The van der Waals surface area contributed by atoms with Gasteiger partial charge in [-0.15, -0.1) is 0 Å². The van der Waals surface area contributed by atoms with Crippen LogP contribution in [0.5, 0.6) is 5.75 Å². The van der Waals surface area contributed by atoms with Crippen LogP contribution in [0.4, 0.5) is 0 Å². The molecule has 226 valence electrons. The average Bonchev–Trinajstić information content (AvgIpc) is 3.42. The molecule has 3 aromatic carbocycles. The van der Waals surface area contributed by atoms with Crippen LogP contribution >= 0.6 is 15.9 Å². The van der Waals surface area contributed by atoms with E-state index in [1.165, 1.54) is 0 Å². The second kappa shape index (κ2) is 15.5. The van der Waals surface area contributed by atoms with Crippen molar-refractivity contribution in [2.24, 2.45) is 10.1 Å². The number of hydrogen-bond acceptors (Lipinski definition) is 9. The third kappa shape index (κ3) is 7.90. The first-order valence-electron chi connectivity index (χ1n) is 13.7. The van der Waals surface area contributed by atoms with Gasteiger partial charge in [0.2, 0.25) is 5.90 Å². The quantitative estimate of drug-likeness (QED) is 0.0547. The molecular formula is C30H33BrN6O6. The first-order valence-corrected chi connectivity index (χ1v) is 14.4. The van der Waals surface area contributed by atoms with Crippen LogP contribution in [-0.2, 0) is 22.5 Å². The summed E-state index contributed by atoms with van der Waals surface area (Å²) in [5.41, 5.74) is 15.5. The molecule has 2 atom stereocenters. The molecule has 43 heavy (non-hydrogen) atoms. The Morgan fingerprint density at radius 2 is 1.77 bits per heavy atom. The van der Waals surface area contributed by atoms with E-state index in [4.69, 9.17) is 25.1 Å². The molecule has 0 aliphatic carbocycles. The van der Waals surface area contributed by atoms with Gasteiger partial charge in [-0.3, -0.25) is 10.2 Å². The number of carbonyl (C=O) groups excluding carboxylic acids is 1. The van der Waals surface area contributed by atoms with Crippen LogP contribution in [0, 0.1) is 0 Å². The van der Waals surface area contributed by atoms with Gasteiger partial charge in [0.05, 0.1) is 32.4 Å². The Kier molecular flexibility index (Phi) is 11.5. The molecule has 0 fully saturated rings.